The second-order valence-electron chi connectivity index (χ2n) is 7.66. The Balaban J connectivity index is 0.00000131. The van der Waals surface area contributed by atoms with E-state index in [-0.39, 0.29) is 24.8 Å². The van der Waals surface area contributed by atoms with Crippen LogP contribution in [-0.2, 0) is 0 Å². The Kier molecular flexibility index (Phi) is 7.93. The molecule has 0 aromatic heterocycles. The Morgan fingerprint density at radius 3 is 2.11 bits per heavy atom. The lowest BCUT2D eigenvalue weighted by Crippen LogP contribution is -2.45. The minimum Gasteiger partial charge on any atom is -0.314 e. The van der Waals surface area contributed by atoms with E-state index >= 15 is 0 Å². The molecule has 0 bridgehead atoms. The van der Waals surface area contributed by atoms with E-state index in [1.807, 2.05) is 0 Å². The highest BCUT2D eigenvalue weighted by molar-refractivity contribution is 6.09. The Labute approximate surface area is 175 Å². The first kappa shape index (κ1) is 22.0. The molecule has 2 nitrogen and oxygen atoms in total. The summed E-state index contributed by atoms with van der Waals surface area (Å²) in [6.07, 6.45) is 1.21. The van der Waals surface area contributed by atoms with Crippen LogP contribution < -0.4 is 5.32 Å². The molecular formula is C23H30Cl2N2. The Hall–Kier alpha value is -1.32. The molecule has 1 aliphatic rings. The van der Waals surface area contributed by atoms with E-state index in [0.717, 1.165) is 26.2 Å². The zero-order chi connectivity index (χ0) is 17.2. The topological polar surface area (TPSA) is 15.3 Å². The van der Waals surface area contributed by atoms with Crippen LogP contribution in [0.25, 0.3) is 21.5 Å². The van der Waals surface area contributed by atoms with Crippen LogP contribution in [0.2, 0.25) is 0 Å². The number of piperazine rings is 1. The zero-order valence-electron chi connectivity index (χ0n) is 16.2. The van der Waals surface area contributed by atoms with E-state index in [1.54, 1.807) is 0 Å². The van der Waals surface area contributed by atoms with Gasteiger partial charge in [0.2, 0.25) is 0 Å². The summed E-state index contributed by atoms with van der Waals surface area (Å²) in [5, 5.41) is 9.04. The number of nitrogens with one attached hydrogen (secondary N) is 1. The lowest BCUT2D eigenvalue weighted by molar-refractivity contribution is 0.155. The smallest absolute Gasteiger partial charge is 0.0358 e. The van der Waals surface area contributed by atoms with Crippen molar-refractivity contribution in [3.63, 3.8) is 0 Å². The molecule has 0 amide bonds. The molecular weight excluding hydrogens is 375 g/mol. The van der Waals surface area contributed by atoms with Crippen molar-refractivity contribution in [1.82, 2.24) is 10.2 Å². The zero-order valence-corrected chi connectivity index (χ0v) is 17.8. The molecule has 4 heteroatoms. The highest BCUT2D eigenvalue weighted by atomic mass is 35.5. The van der Waals surface area contributed by atoms with Gasteiger partial charge in [0, 0.05) is 32.2 Å². The fourth-order valence-electron chi connectivity index (χ4n) is 4.27. The average Bonchev–Trinajstić information content (AvgIpc) is 2.66. The predicted octanol–water partition coefficient (Wildman–Crippen LogP) is 5.83. The van der Waals surface area contributed by atoms with Crippen molar-refractivity contribution in [1.29, 1.82) is 0 Å². The van der Waals surface area contributed by atoms with Crippen molar-refractivity contribution >= 4 is 46.4 Å². The molecule has 27 heavy (non-hydrogen) atoms. The first-order valence-electron chi connectivity index (χ1n) is 9.59. The molecule has 1 fully saturated rings. The fourth-order valence-corrected chi connectivity index (χ4v) is 4.27. The minimum absolute atomic E-state index is 0. The molecule has 3 aromatic rings. The van der Waals surface area contributed by atoms with E-state index in [4.69, 9.17) is 0 Å². The standard InChI is InChI=1S/C23H28N2.2ClH/c1-17(2)15-23(25-13-11-24-12-14-25)22-16-18-7-3-4-8-19(18)20-9-5-6-10-21(20)22;;/h3-10,16-17,23-24H,11-15H2,1-2H3;2*1H/t23-;;/m1../s1. The third kappa shape index (κ3) is 4.57. The van der Waals surface area contributed by atoms with Gasteiger partial charge in [-0.15, -0.1) is 24.8 Å². The second-order valence-corrected chi connectivity index (χ2v) is 7.66. The van der Waals surface area contributed by atoms with Crippen LogP contribution in [0.3, 0.4) is 0 Å². The van der Waals surface area contributed by atoms with Gasteiger partial charge in [-0.05, 0) is 45.5 Å². The summed E-state index contributed by atoms with van der Waals surface area (Å²) in [7, 11) is 0. The third-order valence-electron chi connectivity index (χ3n) is 5.45. The van der Waals surface area contributed by atoms with Gasteiger partial charge in [-0.3, -0.25) is 4.90 Å². The number of nitrogens with zero attached hydrogens (tertiary/aromatic N) is 1. The number of halogens is 2. The average molecular weight is 405 g/mol. The van der Waals surface area contributed by atoms with Crippen LogP contribution >= 0.6 is 24.8 Å². The summed E-state index contributed by atoms with van der Waals surface area (Å²) in [5.74, 6) is 0.685. The molecule has 4 rings (SSSR count). The maximum absolute atomic E-state index is 3.50. The maximum Gasteiger partial charge on any atom is 0.0358 e. The molecule has 0 spiro atoms. The highest BCUT2D eigenvalue weighted by Gasteiger charge is 2.25. The van der Waals surface area contributed by atoms with Crippen LogP contribution in [0.4, 0.5) is 0 Å². The molecule has 0 saturated carbocycles. The number of hydrogen-bond acceptors (Lipinski definition) is 2. The van der Waals surface area contributed by atoms with Crippen molar-refractivity contribution in [2.45, 2.75) is 26.3 Å². The quantitative estimate of drug-likeness (QED) is 0.550. The van der Waals surface area contributed by atoms with Gasteiger partial charge in [-0.25, -0.2) is 0 Å². The van der Waals surface area contributed by atoms with Crippen LogP contribution in [-0.4, -0.2) is 31.1 Å². The largest absolute Gasteiger partial charge is 0.314 e. The minimum atomic E-state index is 0. The summed E-state index contributed by atoms with van der Waals surface area (Å²) < 4.78 is 0. The Bertz CT molecular complexity index is 873. The maximum atomic E-state index is 3.50. The number of hydrogen-bond donors (Lipinski definition) is 1. The van der Waals surface area contributed by atoms with Gasteiger partial charge in [0.1, 0.15) is 0 Å². The van der Waals surface area contributed by atoms with Gasteiger partial charge < -0.3 is 5.32 Å². The predicted molar refractivity (Wildman–Crippen MR) is 123 cm³/mol. The van der Waals surface area contributed by atoms with Gasteiger partial charge in [0.25, 0.3) is 0 Å². The lowest BCUT2D eigenvalue weighted by atomic mass is 9.88. The van der Waals surface area contributed by atoms with Gasteiger partial charge in [0.15, 0.2) is 0 Å². The molecule has 0 unspecified atom stereocenters. The molecule has 3 aromatic carbocycles. The Morgan fingerprint density at radius 2 is 1.44 bits per heavy atom. The van der Waals surface area contributed by atoms with Crippen molar-refractivity contribution in [2.24, 2.45) is 5.92 Å². The van der Waals surface area contributed by atoms with Crippen molar-refractivity contribution in [3.05, 3.63) is 60.2 Å². The summed E-state index contributed by atoms with van der Waals surface area (Å²) in [4.78, 5) is 2.69. The molecule has 1 saturated heterocycles. The van der Waals surface area contributed by atoms with Crippen LogP contribution in [0, 0.1) is 5.92 Å². The van der Waals surface area contributed by atoms with Crippen LogP contribution in [0.15, 0.2) is 54.6 Å². The van der Waals surface area contributed by atoms with Gasteiger partial charge in [-0.1, -0.05) is 62.4 Å². The van der Waals surface area contributed by atoms with Crippen molar-refractivity contribution < 1.29 is 0 Å². The van der Waals surface area contributed by atoms with Crippen LogP contribution in [0.1, 0.15) is 31.9 Å². The third-order valence-corrected chi connectivity index (χ3v) is 5.45. The number of fused-ring (bicyclic) bond motifs is 3. The van der Waals surface area contributed by atoms with E-state index in [0.29, 0.717) is 12.0 Å². The molecule has 1 heterocycles. The Morgan fingerprint density at radius 1 is 0.852 bits per heavy atom. The molecule has 146 valence electrons. The first-order chi connectivity index (χ1) is 12.2. The second kappa shape index (κ2) is 9.75. The number of benzene rings is 3. The van der Waals surface area contributed by atoms with E-state index in [2.05, 4.69) is 78.7 Å². The fraction of sp³-hybridized carbons (Fsp3) is 0.391. The summed E-state index contributed by atoms with van der Waals surface area (Å²) in [5.41, 5.74) is 1.50. The van der Waals surface area contributed by atoms with Crippen molar-refractivity contribution in [3.8, 4) is 0 Å². The normalized spacial score (nSPS) is 16.1. The number of rotatable bonds is 4. The lowest BCUT2D eigenvalue weighted by Gasteiger charge is -2.37. The monoisotopic (exact) mass is 404 g/mol. The van der Waals surface area contributed by atoms with E-state index < -0.39 is 0 Å². The van der Waals surface area contributed by atoms with Crippen molar-refractivity contribution in [2.75, 3.05) is 26.2 Å². The molecule has 0 aliphatic carbocycles. The van der Waals surface area contributed by atoms with Gasteiger partial charge >= 0.3 is 0 Å². The highest BCUT2D eigenvalue weighted by Crippen LogP contribution is 2.37. The summed E-state index contributed by atoms with van der Waals surface area (Å²) in [6, 6.07) is 20.7. The molecule has 1 N–H and O–H groups in total. The first-order valence-corrected chi connectivity index (χ1v) is 9.59. The van der Waals surface area contributed by atoms with E-state index in [1.165, 1.54) is 33.5 Å². The summed E-state index contributed by atoms with van der Waals surface area (Å²) >= 11 is 0. The van der Waals surface area contributed by atoms with Crippen LogP contribution in [0.5, 0.6) is 0 Å². The van der Waals surface area contributed by atoms with Gasteiger partial charge in [0.05, 0.1) is 0 Å². The molecule has 1 atom stereocenters. The molecule has 0 radical (unpaired) electrons. The molecule has 1 aliphatic heterocycles. The van der Waals surface area contributed by atoms with E-state index in [9.17, 15) is 0 Å². The summed E-state index contributed by atoms with van der Waals surface area (Å²) in [6.45, 7) is 9.16. The van der Waals surface area contributed by atoms with Gasteiger partial charge in [-0.2, -0.15) is 0 Å². The SMILES string of the molecule is CC(C)C[C@H](c1cc2ccccc2c2ccccc12)N1CCNCC1.Cl.Cl.